The second-order valence-electron chi connectivity index (χ2n) is 12.8. The van der Waals surface area contributed by atoms with Gasteiger partial charge in [0, 0.05) is 0 Å². The Balaban J connectivity index is 5.80. The van der Waals surface area contributed by atoms with Gasteiger partial charge in [0.1, 0.15) is 36.3 Å². The predicted octanol–water partition coefficient (Wildman–Crippen LogP) is -1.70. The van der Waals surface area contributed by atoms with Gasteiger partial charge in [-0.05, 0) is 69.0 Å². The van der Waals surface area contributed by atoms with E-state index in [9.17, 15) is 48.9 Å². The summed E-state index contributed by atoms with van der Waals surface area (Å²) in [6, 6.07) is -8.73. The molecule has 0 bridgehead atoms. The van der Waals surface area contributed by atoms with Crippen LogP contribution >= 0.6 is 23.5 Å². The molecule has 0 saturated heterocycles. The molecule has 0 radical (unpaired) electrons. The Bertz CT molecular complexity index is 1160. The van der Waals surface area contributed by atoms with Crippen LogP contribution < -0.4 is 37.6 Å². The van der Waals surface area contributed by atoms with Crippen LogP contribution in [0.4, 0.5) is 0 Å². The first kappa shape index (κ1) is 47.9. The van der Waals surface area contributed by atoms with E-state index >= 15 is 0 Å². The molecule has 0 spiro atoms. The number of aliphatic hydroxyl groups is 2. The molecular formula is C32H59N7O10S2. The van der Waals surface area contributed by atoms with Gasteiger partial charge in [0.05, 0.1) is 18.8 Å². The fraction of sp³-hybridized carbons (Fsp3) is 0.781. The first-order valence-corrected chi connectivity index (χ1v) is 19.7. The number of hydrogen-bond acceptors (Lipinski definition) is 12. The van der Waals surface area contributed by atoms with Gasteiger partial charge in [-0.2, -0.15) is 23.5 Å². The number of carbonyl (C=O) groups is 7. The first-order valence-electron chi connectivity index (χ1n) is 16.9. The summed E-state index contributed by atoms with van der Waals surface area (Å²) in [6.45, 7) is 8.59. The van der Waals surface area contributed by atoms with E-state index in [4.69, 9.17) is 5.73 Å². The fourth-order valence-corrected chi connectivity index (χ4v) is 5.55. The van der Waals surface area contributed by atoms with Crippen molar-refractivity contribution in [3.05, 3.63) is 0 Å². The molecule has 0 rings (SSSR count). The van der Waals surface area contributed by atoms with Gasteiger partial charge in [-0.3, -0.25) is 28.8 Å². The average Bonchev–Trinajstić information content (AvgIpc) is 3.07. The van der Waals surface area contributed by atoms with E-state index in [0.29, 0.717) is 24.3 Å². The van der Waals surface area contributed by atoms with E-state index in [2.05, 4.69) is 31.9 Å². The van der Waals surface area contributed by atoms with Crippen molar-refractivity contribution in [1.82, 2.24) is 31.9 Å². The number of carbonyl (C=O) groups excluding carboxylic acids is 6. The Morgan fingerprint density at radius 3 is 1.63 bits per heavy atom. The molecule has 0 aliphatic rings. The minimum atomic E-state index is -1.64. The van der Waals surface area contributed by atoms with Crippen molar-refractivity contribution in [2.75, 3.05) is 30.6 Å². The minimum absolute atomic E-state index is 0.114. The molecule has 0 unspecified atom stereocenters. The second-order valence-corrected chi connectivity index (χ2v) is 14.8. The Labute approximate surface area is 308 Å². The maximum Gasteiger partial charge on any atom is 0.326 e. The van der Waals surface area contributed by atoms with Crippen LogP contribution in [0.2, 0.25) is 0 Å². The lowest BCUT2D eigenvalue weighted by Gasteiger charge is -2.28. The quantitative estimate of drug-likeness (QED) is 0.0497. The van der Waals surface area contributed by atoms with E-state index in [1.54, 1.807) is 27.7 Å². The molecule has 0 aromatic rings. The van der Waals surface area contributed by atoms with E-state index in [1.807, 2.05) is 12.5 Å². The molecule has 294 valence electrons. The molecule has 51 heavy (non-hydrogen) atoms. The Morgan fingerprint density at radius 1 is 0.647 bits per heavy atom. The molecule has 17 nitrogen and oxygen atoms in total. The molecule has 9 atom stereocenters. The molecule has 0 heterocycles. The van der Waals surface area contributed by atoms with Crippen LogP contribution in [0.5, 0.6) is 0 Å². The van der Waals surface area contributed by atoms with Crippen molar-refractivity contribution >= 4 is 64.9 Å². The molecule has 11 N–H and O–H groups in total. The summed E-state index contributed by atoms with van der Waals surface area (Å²) in [5.41, 5.74) is 5.98. The molecule has 0 aliphatic carbocycles. The van der Waals surface area contributed by atoms with Crippen molar-refractivity contribution in [2.45, 2.75) is 116 Å². The number of carboxylic acids is 1. The summed E-state index contributed by atoms with van der Waals surface area (Å²) in [4.78, 5) is 89.9. The van der Waals surface area contributed by atoms with Gasteiger partial charge in [0.15, 0.2) is 0 Å². The minimum Gasteiger partial charge on any atom is -0.480 e. The topological polar surface area (TPSA) is 278 Å². The summed E-state index contributed by atoms with van der Waals surface area (Å²) >= 11 is 2.99. The molecule has 0 saturated carbocycles. The molecule has 19 heteroatoms. The standard InChI is InChI=1S/C32H59N7O10S2/c1-9-17(4)24(32(48)49)38-26(42)18(5)34-30(46)23(15-40)37-31(47)25(19(6)41)39-29(45)22(14-16(2)3)36-28(44)21(11-13-51-8)35-27(43)20(33)10-12-50-7/h16-25,40-41H,9-15,33H2,1-8H3,(H,34,46)(H,35,43)(H,36,44)(H,37,47)(H,38,42)(H,39,45)(H,48,49)/t17-,18-,19+,20-,21-,22-,23-,24-,25-/m0/s1. The normalized spacial score (nSPS) is 16.5. The second kappa shape index (κ2) is 24.9. The van der Waals surface area contributed by atoms with Crippen LogP contribution in [0.1, 0.15) is 67.2 Å². The zero-order valence-electron chi connectivity index (χ0n) is 30.8. The number of nitrogens with two attached hydrogens (primary N) is 1. The summed E-state index contributed by atoms with van der Waals surface area (Å²) in [6.07, 6.45) is 3.48. The average molecular weight is 766 g/mol. The van der Waals surface area contributed by atoms with Crippen LogP contribution in [-0.4, -0.2) is 136 Å². The third kappa shape index (κ3) is 17.8. The van der Waals surface area contributed by atoms with Gasteiger partial charge in [0.25, 0.3) is 0 Å². The van der Waals surface area contributed by atoms with Gasteiger partial charge < -0.3 is 53.0 Å². The Morgan fingerprint density at radius 2 is 1.14 bits per heavy atom. The lowest BCUT2D eigenvalue weighted by Crippen LogP contribution is -2.62. The van der Waals surface area contributed by atoms with Gasteiger partial charge in [-0.15, -0.1) is 0 Å². The first-order chi connectivity index (χ1) is 23.8. The highest BCUT2D eigenvalue weighted by Crippen LogP contribution is 2.10. The van der Waals surface area contributed by atoms with Crippen molar-refractivity contribution in [3.8, 4) is 0 Å². The lowest BCUT2D eigenvalue weighted by atomic mass is 9.99. The largest absolute Gasteiger partial charge is 0.480 e. The van der Waals surface area contributed by atoms with Crippen molar-refractivity contribution in [3.63, 3.8) is 0 Å². The number of hydrogen-bond donors (Lipinski definition) is 10. The fourth-order valence-electron chi connectivity index (χ4n) is 4.59. The van der Waals surface area contributed by atoms with Crippen molar-refractivity contribution in [1.29, 1.82) is 0 Å². The summed E-state index contributed by atoms with van der Waals surface area (Å²) in [5, 5.41) is 44.4. The summed E-state index contributed by atoms with van der Waals surface area (Å²) in [5.74, 6) is -5.40. The van der Waals surface area contributed by atoms with Crippen LogP contribution in [0.25, 0.3) is 0 Å². The van der Waals surface area contributed by atoms with Crippen molar-refractivity contribution in [2.24, 2.45) is 17.6 Å². The number of rotatable bonds is 25. The predicted molar refractivity (Wildman–Crippen MR) is 197 cm³/mol. The van der Waals surface area contributed by atoms with Gasteiger partial charge in [-0.1, -0.05) is 34.1 Å². The monoisotopic (exact) mass is 765 g/mol. The van der Waals surface area contributed by atoms with Crippen LogP contribution in [0, 0.1) is 11.8 Å². The lowest BCUT2D eigenvalue weighted by molar-refractivity contribution is -0.143. The van der Waals surface area contributed by atoms with Crippen LogP contribution in [0.15, 0.2) is 0 Å². The third-order valence-corrected chi connectivity index (χ3v) is 9.25. The molecule has 0 aromatic carbocycles. The SMILES string of the molecule is CC[C@H](C)[C@H](NC(=O)[C@H](C)NC(=O)[C@H](CO)NC(=O)[C@@H](NC(=O)[C@H](CC(C)C)NC(=O)[C@H](CCSC)NC(=O)[C@@H](N)CCSC)[C@@H](C)O)C(=O)O. The van der Waals surface area contributed by atoms with Gasteiger partial charge in [0.2, 0.25) is 35.4 Å². The highest BCUT2D eigenvalue weighted by atomic mass is 32.2. The zero-order valence-corrected chi connectivity index (χ0v) is 32.4. The maximum atomic E-state index is 13.5. The van der Waals surface area contributed by atoms with Crippen LogP contribution in [-0.2, 0) is 33.6 Å². The summed E-state index contributed by atoms with van der Waals surface area (Å²) < 4.78 is 0. The Kier molecular flexibility index (Phi) is 23.4. The highest BCUT2D eigenvalue weighted by molar-refractivity contribution is 7.98. The molecular weight excluding hydrogens is 707 g/mol. The number of thioether (sulfide) groups is 2. The van der Waals surface area contributed by atoms with E-state index in [-0.39, 0.29) is 18.8 Å². The third-order valence-electron chi connectivity index (χ3n) is 7.96. The number of amides is 6. The van der Waals surface area contributed by atoms with E-state index in [0.717, 1.165) is 0 Å². The smallest absolute Gasteiger partial charge is 0.326 e. The number of aliphatic hydroxyl groups excluding tert-OH is 2. The maximum absolute atomic E-state index is 13.5. The number of carboxylic acid groups (broad SMARTS) is 1. The van der Waals surface area contributed by atoms with Gasteiger partial charge in [-0.25, -0.2) is 4.79 Å². The van der Waals surface area contributed by atoms with Crippen molar-refractivity contribution < 1.29 is 48.9 Å². The molecule has 0 aromatic heterocycles. The molecule has 0 aliphatic heterocycles. The molecule has 0 fully saturated rings. The molecule has 6 amide bonds. The van der Waals surface area contributed by atoms with Crippen LogP contribution in [0.3, 0.4) is 0 Å². The number of nitrogens with one attached hydrogen (secondary N) is 6. The Hall–Kier alpha value is -3.13. The van der Waals surface area contributed by atoms with E-state index in [1.165, 1.54) is 37.4 Å². The highest BCUT2D eigenvalue weighted by Gasteiger charge is 2.35. The van der Waals surface area contributed by atoms with Gasteiger partial charge >= 0.3 is 5.97 Å². The summed E-state index contributed by atoms with van der Waals surface area (Å²) in [7, 11) is 0. The zero-order chi connectivity index (χ0) is 39.4. The number of aliphatic carboxylic acids is 1. The van der Waals surface area contributed by atoms with E-state index < -0.39 is 102 Å².